The molecule has 0 aliphatic heterocycles. The summed E-state index contributed by atoms with van der Waals surface area (Å²) < 4.78 is 0. The minimum absolute atomic E-state index is 0.506. The van der Waals surface area contributed by atoms with Gasteiger partial charge in [0.25, 0.3) is 0 Å². The third-order valence-electron chi connectivity index (χ3n) is 2.73. The number of rotatable bonds is 11. The highest BCUT2D eigenvalue weighted by molar-refractivity contribution is 4.88. The van der Waals surface area contributed by atoms with Gasteiger partial charge in [0.15, 0.2) is 0 Å². The molecule has 2 heteroatoms. The molecule has 96 valence electrons. The van der Waals surface area contributed by atoms with Crippen molar-refractivity contribution < 1.29 is 5.11 Å². The van der Waals surface area contributed by atoms with E-state index in [-0.39, 0.29) is 0 Å². The number of unbranched alkanes of at least 4 members (excludes halogenated alkanes) is 6. The monoisotopic (exact) mass is 227 g/mol. The lowest BCUT2D eigenvalue weighted by Gasteiger charge is -2.03. The summed E-state index contributed by atoms with van der Waals surface area (Å²) in [5.74, 6) is 0.506. The van der Waals surface area contributed by atoms with Gasteiger partial charge in [0.1, 0.15) is 5.76 Å². The molecule has 0 unspecified atom stereocenters. The fourth-order valence-corrected chi connectivity index (χ4v) is 1.65. The van der Waals surface area contributed by atoms with Crippen LogP contribution in [0.5, 0.6) is 0 Å². The standard InChI is InChI=1S/C14H29NO/c1-3-5-7-9-11-14(16)13-15-12-10-8-6-4-2/h13,15-16H,3-12H2,1-2H3. The van der Waals surface area contributed by atoms with Crippen LogP contribution in [0.1, 0.15) is 71.6 Å². The Bertz CT molecular complexity index is 166. The van der Waals surface area contributed by atoms with Crippen molar-refractivity contribution in [2.24, 2.45) is 0 Å². The average molecular weight is 227 g/mol. The predicted molar refractivity (Wildman–Crippen MR) is 71.6 cm³/mol. The Balaban J connectivity index is 3.26. The number of allylic oxidation sites excluding steroid dienone is 1. The van der Waals surface area contributed by atoms with Crippen LogP contribution in [0, 0.1) is 0 Å². The first-order valence-electron chi connectivity index (χ1n) is 6.92. The van der Waals surface area contributed by atoms with E-state index in [1.807, 2.05) is 0 Å². The molecule has 2 nitrogen and oxygen atoms in total. The number of aliphatic hydroxyl groups excluding tert-OH is 1. The second-order valence-electron chi connectivity index (χ2n) is 4.46. The largest absolute Gasteiger partial charge is 0.511 e. The zero-order chi connectivity index (χ0) is 12.1. The lowest BCUT2D eigenvalue weighted by atomic mass is 10.1. The lowest BCUT2D eigenvalue weighted by molar-refractivity contribution is 0.375. The van der Waals surface area contributed by atoms with Crippen molar-refractivity contribution in [1.82, 2.24) is 5.32 Å². The number of hydrogen-bond donors (Lipinski definition) is 2. The highest BCUT2D eigenvalue weighted by Gasteiger charge is 1.93. The molecule has 16 heavy (non-hydrogen) atoms. The molecule has 0 aliphatic rings. The van der Waals surface area contributed by atoms with Crippen LogP contribution in [0.15, 0.2) is 12.0 Å². The minimum atomic E-state index is 0.506. The van der Waals surface area contributed by atoms with Crippen LogP contribution in [0.3, 0.4) is 0 Å². The molecule has 0 aromatic rings. The van der Waals surface area contributed by atoms with Crippen molar-refractivity contribution in [3.05, 3.63) is 12.0 Å². The summed E-state index contributed by atoms with van der Waals surface area (Å²) in [5, 5.41) is 12.7. The number of hydrogen-bond acceptors (Lipinski definition) is 2. The molecule has 0 amide bonds. The molecule has 0 saturated heterocycles. The molecule has 2 N–H and O–H groups in total. The van der Waals surface area contributed by atoms with Gasteiger partial charge in [-0.25, -0.2) is 0 Å². The van der Waals surface area contributed by atoms with E-state index in [1.165, 1.54) is 44.9 Å². The molecule has 0 radical (unpaired) electrons. The first kappa shape index (κ1) is 15.3. The van der Waals surface area contributed by atoms with Crippen molar-refractivity contribution >= 4 is 0 Å². The van der Waals surface area contributed by atoms with Crippen LogP contribution in [0.4, 0.5) is 0 Å². The first-order valence-corrected chi connectivity index (χ1v) is 6.92. The summed E-state index contributed by atoms with van der Waals surface area (Å²) in [4.78, 5) is 0. The van der Waals surface area contributed by atoms with Gasteiger partial charge in [-0.1, -0.05) is 52.4 Å². The molecule has 0 heterocycles. The van der Waals surface area contributed by atoms with Gasteiger partial charge in [0.2, 0.25) is 0 Å². The van der Waals surface area contributed by atoms with Gasteiger partial charge in [-0.3, -0.25) is 0 Å². The Kier molecular flexibility index (Phi) is 11.9. The summed E-state index contributed by atoms with van der Waals surface area (Å²) >= 11 is 0. The molecule has 0 bridgehead atoms. The topological polar surface area (TPSA) is 32.3 Å². The molecule has 0 spiro atoms. The molecule has 0 aromatic heterocycles. The van der Waals surface area contributed by atoms with Crippen molar-refractivity contribution in [3.8, 4) is 0 Å². The van der Waals surface area contributed by atoms with Gasteiger partial charge < -0.3 is 10.4 Å². The van der Waals surface area contributed by atoms with E-state index in [4.69, 9.17) is 0 Å². The second kappa shape index (κ2) is 12.4. The molecule has 0 atom stereocenters. The summed E-state index contributed by atoms with van der Waals surface area (Å²) in [7, 11) is 0. The van der Waals surface area contributed by atoms with Gasteiger partial charge in [0.05, 0.1) is 0 Å². The van der Waals surface area contributed by atoms with Crippen LogP contribution in [-0.4, -0.2) is 11.7 Å². The maximum Gasteiger partial charge on any atom is 0.108 e. The number of aliphatic hydroxyl groups is 1. The van der Waals surface area contributed by atoms with Crippen molar-refractivity contribution in [1.29, 1.82) is 0 Å². The van der Waals surface area contributed by atoms with Crippen LogP contribution in [0.2, 0.25) is 0 Å². The van der Waals surface area contributed by atoms with Gasteiger partial charge in [-0.05, 0) is 12.8 Å². The highest BCUT2D eigenvalue weighted by atomic mass is 16.3. The third-order valence-corrected chi connectivity index (χ3v) is 2.73. The fourth-order valence-electron chi connectivity index (χ4n) is 1.65. The summed E-state index contributed by atoms with van der Waals surface area (Å²) in [5.41, 5.74) is 0. The molecular formula is C14H29NO. The van der Waals surface area contributed by atoms with Crippen LogP contribution >= 0.6 is 0 Å². The molecule has 0 aromatic carbocycles. The van der Waals surface area contributed by atoms with E-state index in [0.29, 0.717) is 5.76 Å². The normalized spacial score (nSPS) is 11.8. The van der Waals surface area contributed by atoms with Gasteiger partial charge in [-0.2, -0.15) is 0 Å². The average Bonchev–Trinajstić information content (AvgIpc) is 2.29. The summed E-state index contributed by atoms with van der Waals surface area (Å²) in [6, 6.07) is 0. The Morgan fingerprint density at radius 3 is 2.19 bits per heavy atom. The minimum Gasteiger partial charge on any atom is -0.511 e. The summed E-state index contributed by atoms with van der Waals surface area (Å²) in [6.45, 7) is 5.40. The van der Waals surface area contributed by atoms with Crippen molar-refractivity contribution in [2.45, 2.75) is 71.6 Å². The molecule has 0 fully saturated rings. The number of nitrogens with one attached hydrogen (secondary N) is 1. The second-order valence-corrected chi connectivity index (χ2v) is 4.46. The lowest BCUT2D eigenvalue weighted by Crippen LogP contribution is -2.08. The van der Waals surface area contributed by atoms with Crippen LogP contribution in [-0.2, 0) is 0 Å². The van der Waals surface area contributed by atoms with E-state index < -0.39 is 0 Å². The maximum absolute atomic E-state index is 9.55. The zero-order valence-electron chi connectivity index (χ0n) is 11.1. The summed E-state index contributed by atoms with van der Waals surface area (Å²) in [6.07, 6.45) is 12.5. The van der Waals surface area contributed by atoms with Gasteiger partial charge >= 0.3 is 0 Å². The molecule has 0 saturated carbocycles. The van der Waals surface area contributed by atoms with E-state index >= 15 is 0 Å². The van der Waals surface area contributed by atoms with Crippen molar-refractivity contribution in [3.63, 3.8) is 0 Å². The first-order chi connectivity index (χ1) is 7.81. The Hall–Kier alpha value is -0.660. The van der Waals surface area contributed by atoms with E-state index in [1.54, 1.807) is 6.20 Å². The van der Waals surface area contributed by atoms with Gasteiger partial charge in [-0.15, -0.1) is 0 Å². The van der Waals surface area contributed by atoms with E-state index in [9.17, 15) is 5.11 Å². The fraction of sp³-hybridized carbons (Fsp3) is 0.857. The van der Waals surface area contributed by atoms with Gasteiger partial charge in [0, 0.05) is 19.2 Å². The molecule has 0 rings (SSSR count). The third kappa shape index (κ3) is 11.4. The zero-order valence-corrected chi connectivity index (χ0v) is 11.1. The van der Waals surface area contributed by atoms with E-state index in [0.717, 1.165) is 19.4 Å². The predicted octanol–water partition coefficient (Wildman–Crippen LogP) is 4.53. The quantitative estimate of drug-likeness (QED) is 0.401. The van der Waals surface area contributed by atoms with E-state index in [2.05, 4.69) is 19.2 Å². The Morgan fingerprint density at radius 1 is 0.938 bits per heavy atom. The Labute approximate surface area is 101 Å². The van der Waals surface area contributed by atoms with Crippen molar-refractivity contribution in [2.75, 3.05) is 6.54 Å². The Morgan fingerprint density at radius 2 is 1.56 bits per heavy atom. The smallest absolute Gasteiger partial charge is 0.108 e. The highest BCUT2D eigenvalue weighted by Crippen LogP contribution is 2.06. The molecular weight excluding hydrogens is 198 g/mol. The molecule has 0 aliphatic carbocycles. The SMILES string of the molecule is CCCCCCNC=C(O)CCCCCC. The van der Waals surface area contributed by atoms with Crippen LogP contribution in [0.25, 0.3) is 0 Å². The van der Waals surface area contributed by atoms with Crippen LogP contribution < -0.4 is 5.32 Å². The maximum atomic E-state index is 9.55.